The molecule has 9 heteroatoms. The third-order valence-electron chi connectivity index (χ3n) is 7.66. The summed E-state index contributed by atoms with van der Waals surface area (Å²) in [6.45, 7) is 6.75. The molecule has 0 aliphatic heterocycles. The first-order chi connectivity index (χ1) is 17.7. The maximum Gasteiger partial charge on any atom is 0.280 e. The van der Waals surface area contributed by atoms with Gasteiger partial charge in [-0.2, -0.15) is 10.4 Å². The zero-order chi connectivity index (χ0) is 26.3. The van der Waals surface area contributed by atoms with E-state index in [1.165, 1.54) is 23.6 Å². The van der Waals surface area contributed by atoms with Gasteiger partial charge in [0, 0.05) is 10.4 Å². The molecule has 1 atom stereocenters. The summed E-state index contributed by atoms with van der Waals surface area (Å²) in [4.78, 5) is 19.0. The maximum absolute atomic E-state index is 13.9. The average molecular weight is 520 g/mol. The second-order valence-electron chi connectivity index (χ2n) is 10.1. The second kappa shape index (κ2) is 9.67. The minimum Gasteiger partial charge on any atom is -0.312 e. The van der Waals surface area contributed by atoms with Crippen LogP contribution in [-0.2, 0) is 12.8 Å². The van der Waals surface area contributed by atoms with Gasteiger partial charge < -0.3 is 5.32 Å². The molecule has 0 spiro atoms. The standard InChI is InChI=1S/C28H27F2N5OS/c1-4-28(2,3)17-10-11-18-19(14-31)27(37-23(18)12-17)34-26(36)20-15-32-35-22(24(29)30)13-21(33-25(20)35)16-8-6-5-7-9-16/h5-9,13,15,17,24H,4,10-12H2,1-3H3,(H,34,36)/t17-/m1/s1. The minimum absolute atomic E-state index is 0.0405. The molecule has 0 bridgehead atoms. The van der Waals surface area contributed by atoms with Crippen molar-refractivity contribution in [3.05, 3.63) is 69.9 Å². The number of anilines is 1. The third kappa shape index (κ3) is 4.51. The van der Waals surface area contributed by atoms with E-state index in [9.17, 15) is 18.8 Å². The molecule has 3 aromatic heterocycles. The van der Waals surface area contributed by atoms with E-state index >= 15 is 0 Å². The van der Waals surface area contributed by atoms with Crippen LogP contribution < -0.4 is 5.32 Å². The SMILES string of the molecule is CCC(C)(C)[C@@H]1CCc2c(sc(NC(=O)c3cnn4c(C(F)F)cc(-c5ccccc5)nc34)c2C#N)C1. The molecule has 4 aromatic rings. The number of amides is 1. The van der Waals surface area contributed by atoms with Gasteiger partial charge in [0.15, 0.2) is 5.65 Å². The number of rotatable bonds is 6. The molecule has 0 saturated heterocycles. The lowest BCUT2D eigenvalue weighted by Gasteiger charge is -2.36. The molecule has 0 saturated carbocycles. The van der Waals surface area contributed by atoms with E-state index in [1.54, 1.807) is 24.3 Å². The molecule has 5 rings (SSSR count). The minimum atomic E-state index is -2.81. The first-order valence-corrected chi connectivity index (χ1v) is 13.1. The van der Waals surface area contributed by atoms with Crippen LogP contribution in [0.1, 0.15) is 72.1 Å². The van der Waals surface area contributed by atoms with Gasteiger partial charge in [0.2, 0.25) is 0 Å². The van der Waals surface area contributed by atoms with E-state index in [4.69, 9.17) is 0 Å². The van der Waals surface area contributed by atoms with Gasteiger partial charge in [0.25, 0.3) is 12.3 Å². The van der Waals surface area contributed by atoms with Crippen molar-refractivity contribution in [1.82, 2.24) is 14.6 Å². The number of alkyl halides is 2. The van der Waals surface area contributed by atoms with Gasteiger partial charge in [-0.15, -0.1) is 11.3 Å². The molecule has 6 nitrogen and oxygen atoms in total. The maximum atomic E-state index is 13.9. The number of fused-ring (bicyclic) bond motifs is 2. The summed E-state index contributed by atoms with van der Waals surface area (Å²) in [5.41, 5.74) is 2.43. The molecule has 3 heterocycles. The van der Waals surface area contributed by atoms with Gasteiger partial charge in [-0.3, -0.25) is 4.79 Å². The Morgan fingerprint density at radius 1 is 1.32 bits per heavy atom. The molecule has 0 radical (unpaired) electrons. The Morgan fingerprint density at radius 3 is 2.76 bits per heavy atom. The number of carbonyl (C=O) groups is 1. The summed E-state index contributed by atoms with van der Waals surface area (Å²) in [7, 11) is 0. The molecular formula is C28H27F2N5OS. The van der Waals surface area contributed by atoms with E-state index in [0.29, 0.717) is 27.7 Å². The van der Waals surface area contributed by atoms with Crippen LogP contribution >= 0.6 is 11.3 Å². The number of nitrogens with one attached hydrogen (secondary N) is 1. The zero-order valence-electron chi connectivity index (χ0n) is 20.9. The highest BCUT2D eigenvalue weighted by Gasteiger charge is 2.34. The van der Waals surface area contributed by atoms with Crippen LogP contribution in [0.5, 0.6) is 0 Å². The number of thiophene rings is 1. The zero-order valence-corrected chi connectivity index (χ0v) is 21.7. The van der Waals surface area contributed by atoms with E-state index in [-0.39, 0.29) is 22.3 Å². The van der Waals surface area contributed by atoms with Gasteiger partial charge in [-0.1, -0.05) is 57.5 Å². The molecule has 0 unspecified atom stereocenters. The molecule has 1 N–H and O–H groups in total. The van der Waals surface area contributed by atoms with Crippen LogP contribution in [0.4, 0.5) is 13.8 Å². The smallest absolute Gasteiger partial charge is 0.280 e. The number of hydrogen-bond acceptors (Lipinski definition) is 5. The van der Waals surface area contributed by atoms with Crippen molar-refractivity contribution < 1.29 is 13.6 Å². The van der Waals surface area contributed by atoms with Crippen molar-refractivity contribution in [2.24, 2.45) is 11.3 Å². The molecule has 190 valence electrons. The first kappa shape index (κ1) is 25.0. The second-order valence-corrected chi connectivity index (χ2v) is 11.2. The summed E-state index contributed by atoms with van der Waals surface area (Å²) < 4.78 is 28.8. The lowest BCUT2D eigenvalue weighted by molar-refractivity contribution is 0.102. The number of hydrogen-bond donors (Lipinski definition) is 1. The largest absolute Gasteiger partial charge is 0.312 e. The Bertz CT molecular complexity index is 1520. The Kier molecular flexibility index (Phi) is 6.54. The van der Waals surface area contributed by atoms with E-state index in [0.717, 1.165) is 40.6 Å². The van der Waals surface area contributed by atoms with Crippen molar-refractivity contribution >= 4 is 27.9 Å². The monoisotopic (exact) mass is 519 g/mol. The Hall–Kier alpha value is -3.64. The highest BCUT2D eigenvalue weighted by Crippen LogP contribution is 2.45. The number of halogens is 2. The van der Waals surface area contributed by atoms with Crippen LogP contribution in [0.25, 0.3) is 16.9 Å². The topological polar surface area (TPSA) is 83.1 Å². The molecular weight excluding hydrogens is 492 g/mol. The Balaban J connectivity index is 1.51. The van der Waals surface area contributed by atoms with Crippen molar-refractivity contribution in [2.75, 3.05) is 5.32 Å². The Morgan fingerprint density at radius 2 is 2.08 bits per heavy atom. The summed E-state index contributed by atoms with van der Waals surface area (Å²) in [6, 6.07) is 12.5. The number of nitriles is 1. The molecule has 1 aliphatic carbocycles. The fourth-order valence-corrected chi connectivity index (χ4v) is 6.25. The van der Waals surface area contributed by atoms with E-state index in [1.807, 2.05) is 6.07 Å². The van der Waals surface area contributed by atoms with E-state index in [2.05, 4.69) is 42.2 Å². The lowest BCUT2D eigenvalue weighted by Crippen LogP contribution is -2.28. The predicted molar refractivity (Wildman–Crippen MR) is 140 cm³/mol. The highest BCUT2D eigenvalue weighted by atomic mass is 32.1. The highest BCUT2D eigenvalue weighted by molar-refractivity contribution is 7.16. The van der Waals surface area contributed by atoms with Crippen LogP contribution in [0.15, 0.2) is 42.6 Å². The van der Waals surface area contributed by atoms with Crippen molar-refractivity contribution in [3.8, 4) is 17.3 Å². The first-order valence-electron chi connectivity index (χ1n) is 12.3. The molecule has 37 heavy (non-hydrogen) atoms. The van der Waals surface area contributed by atoms with Crippen LogP contribution in [0.3, 0.4) is 0 Å². The van der Waals surface area contributed by atoms with Gasteiger partial charge in [-0.25, -0.2) is 18.3 Å². The van der Waals surface area contributed by atoms with Crippen LogP contribution in [0, 0.1) is 22.7 Å². The van der Waals surface area contributed by atoms with Gasteiger partial charge >= 0.3 is 0 Å². The average Bonchev–Trinajstić information content (AvgIpc) is 3.48. The molecule has 1 aliphatic rings. The molecule has 0 fully saturated rings. The van der Waals surface area contributed by atoms with Crippen LogP contribution in [-0.4, -0.2) is 20.5 Å². The van der Waals surface area contributed by atoms with Crippen molar-refractivity contribution in [2.45, 2.75) is 52.9 Å². The summed E-state index contributed by atoms with van der Waals surface area (Å²) in [5, 5.41) is 17.3. The summed E-state index contributed by atoms with van der Waals surface area (Å²) >= 11 is 1.43. The van der Waals surface area contributed by atoms with Crippen molar-refractivity contribution in [1.29, 1.82) is 5.26 Å². The Labute approximate surface area is 218 Å². The van der Waals surface area contributed by atoms with Gasteiger partial charge in [0.1, 0.15) is 22.3 Å². The quantitative estimate of drug-likeness (QED) is 0.296. The number of nitrogens with zero attached hydrogens (tertiary/aromatic N) is 4. The fraction of sp³-hybridized carbons (Fsp3) is 0.357. The summed E-state index contributed by atoms with van der Waals surface area (Å²) in [5.74, 6) is -0.0276. The number of benzene rings is 1. The molecule has 1 amide bonds. The summed E-state index contributed by atoms with van der Waals surface area (Å²) in [6.07, 6.45) is 2.19. The predicted octanol–water partition coefficient (Wildman–Crippen LogP) is 7.06. The lowest BCUT2D eigenvalue weighted by atomic mass is 9.69. The van der Waals surface area contributed by atoms with Crippen molar-refractivity contribution in [3.63, 3.8) is 0 Å². The van der Waals surface area contributed by atoms with Crippen LogP contribution in [0.2, 0.25) is 0 Å². The van der Waals surface area contributed by atoms with Gasteiger partial charge in [-0.05, 0) is 42.2 Å². The normalized spacial score (nSPS) is 15.5. The van der Waals surface area contributed by atoms with E-state index < -0.39 is 12.3 Å². The fourth-order valence-electron chi connectivity index (χ4n) is 4.98. The molecule has 1 aromatic carbocycles. The number of aromatic nitrogens is 3. The third-order valence-corrected chi connectivity index (χ3v) is 8.83. The van der Waals surface area contributed by atoms with Gasteiger partial charge in [0.05, 0.1) is 17.5 Å². The number of carbonyl (C=O) groups excluding carboxylic acids is 1.